The van der Waals surface area contributed by atoms with Crippen LogP contribution in [0.25, 0.3) is 0 Å². The molecule has 0 aromatic heterocycles. The third-order valence-electron chi connectivity index (χ3n) is 9.13. The van der Waals surface area contributed by atoms with Gasteiger partial charge in [-0.3, -0.25) is 4.79 Å². The molecule has 272 valence electrons. The van der Waals surface area contributed by atoms with Crippen molar-refractivity contribution in [2.45, 2.75) is 218 Å². The smallest absolute Gasteiger partial charge is 0.249 e. The van der Waals surface area contributed by atoms with Gasteiger partial charge in [0.15, 0.2) is 0 Å². The topological polar surface area (TPSA) is 110 Å². The van der Waals surface area contributed by atoms with Gasteiger partial charge >= 0.3 is 0 Å². The first-order valence-electron chi connectivity index (χ1n) is 19.7. The van der Waals surface area contributed by atoms with Gasteiger partial charge in [0.25, 0.3) is 0 Å². The van der Waals surface area contributed by atoms with Crippen LogP contribution in [0, 0.1) is 0 Å². The number of carbonyl (C=O) groups is 1. The summed E-state index contributed by atoms with van der Waals surface area (Å²) in [5.74, 6) is -0.600. The van der Waals surface area contributed by atoms with Crippen molar-refractivity contribution in [3.8, 4) is 0 Å². The Morgan fingerprint density at radius 1 is 0.522 bits per heavy atom. The Bertz CT molecular complexity index is 697. The van der Waals surface area contributed by atoms with E-state index < -0.39 is 36.9 Å². The van der Waals surface area contributed by atoms with Gasteiger partial charge in [-0.15, -0.1) is 0 Å². The molecule has 5 N–H and O–H groups in total. The van der Waals surface area contributed by atoms with Crippen molar-refractivity contribution >= 4 is 5.91 Å². The fourth-order valence-electron chi connectivity index (χ4n) is 5.93. The first-order valence-corrected chi connectivity index (χ1v) is 19.7. The van der Waals surface area contributed by atoms with Crippen LogP contribution in [-0.4, -0.2) is 57.3 Å². The molecule has 6 heteroatoms. The van der Waals surface area contributed by atoms with E-state index in [0.717, 1.165) is 44.9 Å². The third-order valence-corrected chi connectivity index (χ3v) is 9.13. The Hall–Kier alpha value is -1.21. The van der Waals surface area contributed by atoms with Crippen molar-refractivity contribution in [3.63, 3.8) is 0 Å². The minimum absolute atomic E-state index is 0.356. The molecule has 0 saturated heterocycles. The first-order chi connectivity index (χ1) is 22.5. The Morgan fingerprint density at radius 2 is 0.891 bits per heavy atom. The zero-order chi connectivity index (χ0) is 33.9. The SMILES string of the molecule is CCCCCC/C=C\CCCCCCCCC(O)C(=O)NC(CO)C(O)C(O)CCC/C=C/CCCCCCCCCCCCC. The molecule has 46 heavy (non-hydrogen) atoms. The van der Waals surface area contributed by atoms with Gasteiger partial charge in [0.05, 0.1) is 18.8 Å². The van der Waals surface area contributed by atoms with Gasteiger partial charge in [0.2, 0.25) is 5.91 Å². The van der Waals surface area contributed by atoms with E-state index in [-0.39, 0.29) is 0 Å². The van der Waals surface area contributed by atoms with Crippen molar-refractivity contribution in [3.05, 3.63) is 24.3 Å². The molecule has 0 aliphatic heterocycles. The van der Waals surface area contributed by atoms with Crippen LogP contribution < -0.4 is 5.32 Å². The van der Waals surface area contributed by atoms with Crippen LogP contribution in [0.4, 0.5) is 0 Å². The van der Waals surface area contributed by atoms with Crippen LogP contribution in [0.15, 0.2) is 24.3 Å². The van der Waals surface area contributed by atoms with Crippen molar-refractivity contribution in [1.29, 1.82) is 0 Å². The summed E-state index contributed by atoms with van der Waals surface area (Å²) < 4.78 is 0. The molecular weight excluding hydrogens is 574 g/mol. The Kier molecular flexibility index (Phi) is 34.2. The number of aliphatic hydroxyl groups excluding tert-OH is 4. The van der Waals surface area contributed by atoms with E-state index in [4.69, 9.17) is 0 Å². The summed E-state index contributed by atoms with van der Waals surface area (Å²) in [6, 6.07) is -1.00. The molecule has 0 aromatic carbocycles. The summed E-state index contributed by atoms with van der Waals surface area (Å²) in [6.07, 6.45) is 37.7. The van der Waals surface area contributed by atoms with Gasteiger partial charge in [-0.25, -0.2) is 0 Å². The predicted octanol–water partition coefficient (Wildman–Crippen LogP) is 9.62. The van der Waals surface area contributed by atoms with E-state index in [2.05, 4.69) is 43.5 Å². The fraction of sp³-hybridized carbons (Fsp3) is 0.875. The van der Waals surface area contributed by atoms with Crippen molar-refractivity contribution in [2.75, 3.05) is 6.61 Å². The van der Waals surface area contributed by atoms with Gasteiger partial charge in [-0.2, -0.15) is 0 Å². The van der Waals surface area contributed by atoms with Crippen molar-refractivity contribution < 1.29 is 25.2 Å². The highest BCUT2D eigenvalue weighted by Crippen LogP contribution is 2.14. The quantitative estimate of drug-likeness (QED) is 0.0346. The van der Waals surface area contributed by atoms with Gasteiger partial charge in [-0.05, 0) is 64.2 Å². The molecule has 0 aliphatic carbocycles. The summed E-state index contributed by atoms with van der Waals surface area (Å²) in [4.78, 5) is 12.4. The molecule has 0 heterocycles. The highest BCUT2D eigenvalue weighted by atomic mass is 16.3. The molecule has 1 amide bonds. The molecule has 0 aliphatic rings. The standard InChI is InChI=1S/C40H77NO5/c1-3-5-7-9-11-13-15-17-19-20-22-23-25-27-29-31-33-37(43)39(45)36(35-42)41-40(46)38(44)34-32-30-28-26-24-21-18-16-14-12-10-8-6-4-2/h14,16,25,27,36-39,42-45H,3-13,15,17-24,26,28-35H2,1-2H3,(H,41,46)/b16-14-,27-25+. The molecule has 0 rings (SSSR count). The zero-order valence-corrected chi connectivity index (χ0v) is 30.3. The maximum absolute atomic E-state index is 12.4. The molecule has 0 aromatic rings. The summed E-state index contributed by atoms with van der Waals surface area (Å²) in [5.41, 5.74) is 0. The molecule has 0 radical (unpaired) electrons. The van der Waals surface area contributed by atoms with Gasteiger partial charge in [0.1, 0.15) is 12.2 Å². The molecule has 4 unspecified atom stereocenters. The van der Waals surface area contributed by atoms with Crippen LogP contribution in [-0.2, 0) is 4.79 Å². The fourth-order valence-corrected chi connectivity index (χ4v) is 5.93. The average molecular weight is 652 g/mol. The lowest BCUT2D eigenvalue weighted by atomic mass is 10.00. The summed E-state index contributed by atoms with van der Waals surface area (Å²) in [5, 5.41) is 43.5. The maximum Gasteiger partial charge on any atom is 0.249 e. The first kappa shape index (κ1) is 44.8. The van der Waals surface area contributed by atoms with Crippen molar-refractivity contribution in [2.24, 2.45) is 0 Å². The van der Waals surface area contributed by atoms with E-state index in [0.29, 0.717) is 12.8 Å². The third kappa shape index (κ3) is 29.0. The Labute approximate surface area is 284 Å². The molecule has 0 saturated carbocycles. The lowest BCUT2D eigenvalue weighted by Crippen LogP contribution is -2.53. The summed E-state index contributed by atoms with van der Waals surface area (Å²) in [6.45, 7) is 4.01. The van der Waals surface area contributed by atoms with Crippen LogP contribution >= 0.6 is 0 Å². The monoisotopic (exact) mass is 652 g/mol. The lowest BCUT2D eigenvalue weighted by molar-refractivity contribution is -0.132. The normalized spacial score (nSPS) is 14.7. The van der Waals surface area contributed by atoms with E-state index in [9.17, 15) is 25.2 Å². The molecule has 0 spiro atoms. The highest BCUT2D eigenvalue weighted by Gasteiger charge is 2.28. The van der Waals surface area contributed by atoms with Crippen LogP contribution in [0.1, 0.15) is 194 Å². The average Bonchev–Trinajstić information content (AvgIpc) is 3.06. The van der Waals surface area contributed by atoms with E-state index in [1.165, 1.54) is 122 Å². The van der Waals surface area contributed by atoms with Gasteiger partial charge in [-0.1, -0.05) is 154 Å². The molecular formula is C40H77NO5. The lowest BCUT2D eigenvalue weighted by Gasteiger charge is -2.27. The van der Waals surface area contributed by atoms with Gasteiger partial charge < -0.3 is 25.7 Å². The van der Waals surface area contributed by atoms with Gasteiger partial charge in [0, 0.05) is 0 Å². The second-order valence-corrected chi connectivity index (χ2v) is 13.6. The van der Waals surface area contributed by atoms with E-state index >= 15 is 0 Å². The highest BCUT2D eigenvalue weighted by molar-refractivity contribution is 5.80. The summed E-state index contributed by atoms with van der Waals surface area (Å²) in [7, 11) is 0. The predicted molar refractivity (Wildman–Crippen MR) is 196 cm³/mol. The summed E-state index contributed by atoms with van der Waals surface area (Å²) >= 11 is 0. The molecule has 6 nitrogen and oxygen atoms in total. The minimum Gasteiger partial charge on any atom is -0.394 e. The van der Waals surface area contributed by atoms with Crippen LogP contribution in [0.5, 0.6) is 0 Å². The second kappa shape index (κ2) is 35.1. The van der Waals surface area contributed by atoms with Crippen LogP contribution in [0.2, 0.25) is 0 Å². The number of allylic oxidation sites excluding steroid dienone is 4. The molecule has 0 bridgehead atoms. The second-order valence-electron chi connectivity index (χ2n) is 13.6. The number of unbranched alkanes of at least 4 members (excludes halogenated alkanes) is 22. The number of carbonyl (C=O) groups excluding carboxylic acids is 1. The number of hydrogen-bond acceptors (Lipinski definition) is 5. The minimum atomic E-state index is -1.28. The maximum atomic E-state index is 12.4. The molecule has 4 atom stereocenters. The number of aliphatic hydroxyl groups is 4. The van der Waals surface area contributed by atoms with E-state index in [1.807, 2.05) is 0 Å². The largest absolute Gasteiger partial charge is 0.394 e. The zero-order valence-electron chi connectivity index (χ0n) is 30.3. The number of rotatable bonds is 35. The van der Waals surface area contributed by atoms with Crippen LogP contribution in [0.3, 0.4) is 0 Å². The molecule has 0 fully saturated rings. The Balaban J connectivity index is 3.84. The number of amides is 1. The number of hydrogen-bond donors (Lipinski definition) is 5. The Morgan fingerprint density at radius 3 is 1.33 bits per heavy atom. The van der Waals surface area contributed by atoms with E-state index in [1.54, 1.807) is 0 Å². The van der Waals surface area contributed by atoms with Crippen molar-refractivity contribution in [1.82, 2.24) is 5.32 Å². The number of nitrogens with one attached hydrogen (secondary N) is 1.